The van der Waals surface area contributed by atoms with Crippen LogP contribution >= 0.6 is 0 Å². The van der Waals surface area contributed by atoms with Crippen LogP contribution in [0.5, 0.6) is 0 Å². The summed E-state index contributed by atoms with van der Waals surface area (Å²) < 4.78 is 1.73. The first-order chi connectivity index (χ1) is 4.79. The fourth-order valence-corrected chi connectivity index (χ4v) is 0.881. The van der Waals surface area contributed by atoms with E-state index in [0.29, 0.717) is 5.69 Å². The highest BCUT2D eigenvalue weighted by molar-refractivity contribution is 5.26. The molecular formula is C7H9N3. The van der Waals surface area contributed by atoms with Gasteiger partial charge < -0.3 is 4.57 Å². The van der Waals surface area contributed by atoms with Crippen molar-refractivity contribution in [3.05, 3.63) is 17.7 Å². The molecule has 0 saturated heterocycles. The van der Waals surface area contributed by atoms with E-state index in [1.807, 2.05) is 14.0 Å². The monoisotopic (exact) mass is 135 g/mol. The molecule has 0 aromatic carbocycles. The fourth-order valence-electron chi connectivity index (χ4n) is 0.881. The number of nitriles is 1. The van der Waals surface area contributed by atoms with Crippen LogP contribution in [0, 0.1) is 11.3 Å². The molecule has 0 bridgehead atoms. The van der Waals surface area contributed by atoms with Gasteiger partial charge in [-0.2, -0.15) is 5.26 Å². The highest BCUT2D eigenvalue weighted by atomic mass is 15.0. The molecule has 10 heavy (non-hydrogen) atoms. The maximum Gasteiger partial charge on any atom is 0.142 e. The van der Waals surface area contributed by atoms with E-state index in [0.717, 1.165) is 12.1 Å². The highest BCUT2D eigenvalue weighted by Gasteiger charge is 2.03. The van der Waals surface area contributed by atoms with Crippen LogP contribution in [0.25, 0.3) is 0 Å². The molecule has 0 unspecified atom stereocenters. The molecule has 1 aromatic rings. The van der Waals surface area contributed by atoms with Gasteiger partial charge in [-0.15, -0.1) is 0 Å². The molecule has 0 N–H and O–H groups in total. The summed E-state index contributed by atoms with van der Waals surface area (Å²) in [6.07, 6.45) is 2.49. The van der Waals surface area contributed by atoms with Gasteiger partial charge in [0, 0.05) is 7.05 Å². The van der Waals surface area contributed by atoms with Gasteiger partial charge in [0.1, 0.15) is 11.8 Å². The molecule has 0 aliphatic carbocycles. The van der Waals surface area contributed by atoms with E-state index >= 15 is 0 Å². The first-order valence-electron chi connectivity index (χ1n) is 3.20. The first-order valence-corrected chi connectivity index (χ1v) is 3.20. The molecule has 0 amide bonds. The smallest absolute Gasteiger partial charge is 0.142 e. The van der Waals surface area contributed by atoms with Gasteiger partial charge in [0.25, 0.3) is 0 Å². The number of hydrogen-bond donors (Lipinski definition) is 0. The van der Waals surface area contributed by atoms with Gasteiger partial charge in [-0.05, 0) is 6.42 Å². The molecule has 0 aliphatic rings. The summed E-state index contributed by atoms with van der Waals surface area (Å²) in [4.78, 5) is 4.05. The number of aromatic nitrogens is 2. The Kier molecular flexibility index (Phi) is 1.72. The van der Waals surface area contributed by atoms with E-state index in [-0.39, 0.29) is 0 Å². The van der Waals surface area contributed by atoms with Gasteiger partial charge >= 0.3 is 0 Å². The molecule has 3 nitrogen and oxygen atoms in total. The molecule has 52 valence electrons. The molecule has 3 heteroatoms. The SMILES string of the molecule is CCc1ncn(C)c1C#N. The van der Waals surface area contributed by atoms with Crippen LogP contribution < -0.4 is 0 Å². The molecule has 0 atom stereocenters. The second kappa shape index (κ2) is 2.53. The normalized spacial score (nSPS) is 9.30. The number of imidazole rings is 1. The van der Waals surface area contributed by atoms with Crippen LogP contribution in [0.3, 0.4) is 0 Å². The van der Waals surface area contributed by atoms with Crippen LogP contribution in [0.15, 0.2) is 6.33 Å². The Morgan fingerprint density at radius 1 is 1.80 bits per heavy atom. The number of hydrogen-bond acceptors (Lipinski definition) is 2. The quantitative estimate of drug-likeness (QED) is 0.573. The highest BCUT2D eigenvalue weighted by Crippen LogP contribution is 2.03. The Morgan fingerprint density at radius 3 is 2.90 bits per heavy atom. The standard InChI is InChI=1S/C7H9N3/c1-3-6-7(4-8)10(2)5-9-6/h5H,3H2,1-2H3. The van der Waals surface area contributed by atoms with Crippen molar-refractivity contribution in [1.29, 1.82) is 5.26 Å². The van der Waals surface area contributed by atoms with Gasteiger partial charge in [0.05, 0.1) is 12.0 Å². The first kappa shape index (κ1) is 6.81. The minimum absolute atomic E-state index is 0.669. The van der Waals surface area contributed by atoms with Crippen molar-refractivity contribution in [2.24, 2.45) is 7.05 Å². The zero-order chi connectivity index (χ0) is 7.56. The summed E-state index contributed by atoms with van der Waals surface area (Å²) in [6.45, 7) is 1.99. The second-order valence-corrected chi connectivity index (χ2v) is 2.12. The third kappa shape index (κ3) is 0.883. The van der Waals surface area contributed by atoms with Crippen LogP contribution in [-0.2, 0) is 13.5 Å². The average Bonchev–Trinajstić information content (AvgIpc) is 2.30. The van der Waals surface area contributed by atoms with Crippen molar-refractivity contribution in [2.45, 2.75) is 13.3 Å². The van der Waals surface area contributed by atoms with E-state index in [1.54, 1.807) is 10.9 Å². The largest absolute Gasteiger partial charge is 0.325 e. The minimum Gasteiger partial charge on any atom is -0.325 e. The fraction of sp³-hybridized carbons (Fsp3) is 0.429. The molecule has 0 spiro atoms. The summed E-state index contributed by atoms with van der Waals surface area (Å²) >= 11 is 0. The zero-order valence-corrected chi connectivity index (χ0v) is 6.13. The summed E-state index contributed by atoms with van der Waals surface area (Å²) in [5.41, 5.74) is 1.55. The van der Waals surface area contributed by atoms with Gasteiger partial charge in [0.15, 0.2) is 0 Å². The Hall–Kier alpha value is -1.30. The Balaban J connectivity index is 3.17. The van der Waals surface area contributed by atoms with Crippen molar-refractivity contribution in [3.63, 3.8) is 0 Å². The maximum atomic E-state index is 8.61. The molecule has 1 aromatic heterocycles. The topological polar surface area (TPSA) is 41.6 Å². The molecule has 0 aliphatic heterocycles. The third-order valence-corrected chi connectivity index (χ3v) is 1.45. The van der Waals surface area contributed by atoms with E-state index in [4.69, 9.17) is 5.26 Å². The van der Waals surface area contributed by atoms with E-state index in [9.17, 15) is 0 Å². The summed E-state index contributed by atoms with van der Waals surface area (Å²) in [5.74, 6) is 0. The minimum atomic E-state index is 0.669. The van der Waals surface area contributed by atoms with E-state index < -0.39 is 0 Å². The van der Waals surface area contributed by atoms with Crippen molar-refractivity contribution >= 4 is 0 Å². The lowest BCUT2D eigenvalue weighted by molar-refractivity contribution is 0.893. The molecule has 0 fully saturated rings. The van der Waals surface area contributed by atoms with Crippen molar-refractivity contribution in [2.75, 3.05) is 0 Å². The predicted molar refractivity (Wildman–Crippen MR) is 37.3 cm³/mol. The zero-order valence-electron chi connectivity index (χ0n) is 6.13. The number of rotatable bonds is 1. The van der Waals surface area contributed by atoms with E-state index in [2.05, 4.69) is 11.1 Å². The molecular weight excluding hydrogens is 126 g/mol. The third-order valence-electron chi connectivity index (χ3n) is 1.45. The second-order valence-electron chi connectivity index (χ2n) is 2.12. The Morgan fingerprint density at radius 2 is 2.50 bits per heavy atom. The van der Waals surface area contributed by atoms with Crippen LogP contribution in [0.1, 0.15) is 18.3 Å². The lowest BCUT2D eigenvalue weighted by Gasteiger charge is -1.90. The molecule has 0 radical (unpaired) electrons. The summed E-state index contributed by atoms with van der Waals surface area (Å²) in [5, 5.41) is 8.61. The van der Waals surface area contributed by atoms with Crippen molar-refractivity contribution < 1.29 is 0 Å². The molecule has 0 saturated carbocycles. The van der Waals surface area contributed by atoms with Crippen molar-refractivity contribution in [3.8, 4) is 6.07 Å². The van der Waals surface area contributed by atoms with Crippen LogP contribution in [0.4, 0.5) is 0 Å². The Labute approximate surface area is 59.9 Å². The van der Waals surface area contributed by atoms with Crippen molar-refractivity contribution in [1.82, 2.24) is 9.55 Å². The predicted octanol–water partition coefficient (Wildman–Crippen LogP) is 0.854. The number of nitrogens with zero attached hydrogens (tertiary/aromatic N) is 3. The summed E-state index contributed by atoms with van der Waals surface area (Å²) in [7, 11) is 1.82. The van der Waals surface area contributed by atoms with Gasteiger partial charge in [-0.25, -0.2) is 4.98 Å². The average molecular weight is 135 g/mol. The molecule has 1 heterocycles. The van der Waals surface area contributed by atoms with Gasteiger partial charge in [0.2, 0.25) is 0 Å². The van der Waals surface area contributed by atoms with Gasteiger partial charge in [-0.3, -0.25) is 0 Å². The lowest BCUT2D eigenvalue weighted by atomic mass is 10.3. The van der Waals surface area contributed by atoms with Crippen LogP contribution in [0.2, 0.25) is 0 Å². The molecule has 1 rings (SSSR count). The maximum absolute atomic E-state index is 8.61. The summed E-state index contributed by atoms with van der Waals surface area (Å²) in [6, 6.07) is 2.10. The van der Waals surface area contributed by atoms with E-state index in [1.165, 1.54) is 0 Å². The van der Waals surface area contributed by atoms with Crippen LogP contribution in [-0.4, -0.2) is 9.55 Å². The Bertz CT molecular complexity index is 267. The lowest BCUT2D eigenvalue weighted by Crippen LogP contribution is -1.91. The van der Waals surface area contributed by atoms with Gasteiger partial charge in [-0.1, -0.05) is 6.92 Å². The number of aryl methyl sites for hydroxylation is 2.